The van der Waals surface area contributed by atoms with Crippen LogP contribution in [0.25, 0.3) is 16.5 Å². The number of morpholine rings is 1. The Kier molecular flexibility index (Phi) is 12.0. The number of aryl methyl sites for hydroxylation is 1. The number of urea groups is 1. The van der Waals surface area contributed by atoms with Crippen LogP contribution in [0.15, 0.2) is 97.5 Å². The Balaban J connectivity index is 1.01. The summed E-state index contributed by atoms with van der Waals surface area (Å²) >= 11 is 0. The molecule has 0 saturated carbocycles. The van der Waals surface area contributed by atoms with E-state index >= 15 is 0 Å². The fourth-order valence-electron chi connectivity index (χ4n) is 6.33. The highest BCUT2D eigenvalue weighted by atomic mass is 16.5. The molecule has 7 rings (SSSR count). The number of pyridine rings is 1. The summed E-state index contributed by atoms with van der Waals surface area (Å²) in [7, 11) is 1.67. The number of hydrogen-bond acceptors (Lipinski definition) is 10. The minimum Gasteiger partial charge on any atom is -0.488 e. The highest BCUT2D eigenvalue weighted by Crippen LogP contribution is 2.32. The lowest BCUT2D eigenvalue weighted by Crippen LogP contribution is -2.35. The molecule has 1 fully saturated rings. The van der Waals surface area contributed by atoms with Gasteiger partial charge in [-0.15, -0.1) is 0 Å². The maximum absolute atomic E-state index is 13.5. The highest BCUT2D eigenvalue weighted by molar-refractivity contribution is 6.07. The molecule has 1 saturated heterocycles. The van der Waals surface area contributed by atoms with Crippen LogP contribution in [0, 0.1) is 0 Å². The van der Waals surface area contributed by atoms with E-state index < -0.39 is 0 Å². The lowest BCUT2D eigenvalue weighted by molar-refractivity contribution is 0.0336. The van der Waals surface area contributed by atoms with Crippen LogP contribution in [0.1, 0.15) is 42.3 Å². The van der Waals surface area contributed by atoms with Crippen LogP contribution in [0.3, 0.4) is 0 Å². The lowest BCUT2D eigenvalue weighted by atomic mass is 10.1. The van der Waals surface area contributed by atoms with Gasteiger partial charge < -0.3 is 24.8 Å². The number of rotatable bonds is 15. The fraction of sp³-hybridized carbons (Fsp3) is 0.293. The monoisotopic (exact) mass is 727 g/mol. The molecule has 0 unspecified atom stereocenters. The van der Waals surface area contributed by atoms with Crippen molar-refractivity contribution in [1.29, 1.82) is 0 Å². The second-order valence-corrected chi connectivity index (χ2v) is 13.1. The first-order valence-electron chi connectivity index (χ1n) is 18.3. The molecule has 0 spiro atoms. The van der Waals surface area contributed by atoms with E-state index in [0.717, 1.165) is 91.1 Å². The van der Waals surface area contributed by atoms with Crippen LogP contribution >= 0.6 is 0 Å². The molecule has 0 atom stereocenters. The van der Waals surface area contributed by atoms with Crippen molar-refractivity contribution in [1.82, 2.24) is 29.6 Å². The molecule has 2 amide bonds. The third kappa shape index (κ3) is 9.36. The zero-order valence-corrected chi connectivity index (χ0v) is 30.6. The van der Waals surface area contributed by atoms with Crippen molar-refractivity contribution in [2.75, 3.05) is 49.4 Å². The Labute approximate surface area is 314 Å². The zero-order valence-electron chi connectivity index (χ0n) is 30.6. The van der Waals surface area contributed by atoms with Crippen LogP contribution in [-0.4, -0.2) is 69.1 Å². The van der Waals surface area contributed by atoms with Crippen molar-refractivity contribution in [3.8, 4) is 11.4 Å². The first-order valence-corrected chi connectivity index (χ1v) is 18.3. The van der Waals surface area contributed by atoms with Gasteiger partial charge in [0.05, 0.1) is 55.0 Å². The van der Waals surface area contributed by atoms with Crippen molar-refractivity contribution in [2.45, 2.75) is 45.9 Å². The average Bonchev–Trinajstić information content (AvgIpc) is 3.60. The molecule has 54 heavy (non-hydrogen) atoms. The normalized spacial score (nSPS) is 13.1. The first kappa shape index (κ1) is 36.5. The number of amides is 2. The van der Waals surface area contributed by atoms with Gasteiger partial charge in [-0.3, -0.25) is 15.2 Å². The van der Waals surface area contributed by atoms with Crippen LogP contribution in [0.4, 0.5) is 27.9 Å². The van der Waals surface area contributed by atoms with Gasteiger partial charge in [0.2, 0.25) is 0 Å². The molecule has 13 heteroatoms. The number of ether oxygens (including phenoxy) is 3. The van der Waals surface area contributed by atoms with Crippen LogP contribution in [0.2, 0.25) is 0 Å². The summed E-state index contributed by atoms with van der Waals surface area (Å²) in [5.74, 6) is 2.53. The summed E-state index contributed by atoms with van der Waals surface area (Å²) in [4.78, 5) is 29.4. The Morgan fingerprint density at radius 2 is 1.69 bits per heavy atom. The molecule has 278 valence electrons. The number of benzene rings is 3. The average molecular weight is 728 g/mol. The van der Waals surface area contributed by atoms with Crippen LogP contribution < -0.4 is 20.7 Å². The van der Waals surface area contributed by atoms with Crippen molar-refractivity contribution in [2.24, 2.45) is 0 Å². The first-order chi connectivity index (χ1) is 26.5. The van der Waals surface area contributed by atoms with E-state index in [1.54, 1.807) is 30.4 Å². The molecule has 3 aromatic carbocycles. The van der Waals surface area contributed by atoms with Crippen LogP contribution in [-0.2, 0) is 35.7 Å². The summed E-state index contributed by atoms with van der Waals surface area (Å²) in [6.45, 7) is 6.98. The second-order valence-electron chi connectivity index (χ2n) is 13.1. The Hall–Kier alpha value is -5.89. The van der Waals surface area contributed by atoms with Gasteiger partial charge in [0.15, 0.2) is 0 Å². The number of unbranched alkanes of at least 4 members (excludes halogenated alkanes) is 1. The van der Waals surface area contributed by atoms with E-state index in [-0.39, 0.29) is 6.03 Å². The number of anilines is 4. The molecule has 3 aromatic heterocycles. The standard InChI is InChI=1S/C41H45N9O4/c1-3-4-9-31-23-40(50(48-31)33-10-7-8-29(21-33)27-52-2)47-41(51)45-36-13-14-37(35-12-6-5-11-34(35)36)54-28-30-15-16-42-38(22-30)46-39-25-43-32(24-44-39)26-49-17-19-53-20-18-49/h5-8,10-16,21-25H,3-4,9,17-20,26-28H2,1-2H3,(H,42,44,46)(H2,45,47,51). The summed E-state index contributed by atoms with van der Waals surface area (Å²) in [6.07, 6.45) is 8.13. The van der Waals surface area contributed by atoms with E-state index in [0.29, 0.717) is 42.1 Å². The third-order valence-electron chi connectivity index (χ3n) is 9.06. The van der Waals surface area contributed by atoms with Crippen molar-refractivity contribution < 1.29 is 19.0 Å². The van der Waals surface area contributed by atoms with Gasteiger partial charge in [0, 0.05) is 49.8 Å². The van der Waals surface area contributed by atoms with Gasteiger partial charge >= 0.3 is 6.03 Å². The highest BCUT2D eigenvalue weighted by Gasteiger charge is 2.16. The van der Waals surface area contributed by atoms with E-state index in [1.807, 2.05) is 78.9 Å². The molecule has 0 radical (unpaired) electrons. The molecule has 3 N–H and O–H groups in total. The van der Waals surface area contributed by atoms with Crippen molar-refractivity contribution in [3.05, 3.63) is 120 Å². The number of carbonyl (C=O) groups is 1. The van der Waals surface area contributed by atoms with E-state index in [9.17, 15) is 4.79 Å². The minimum absolute atomic E-state index is 0.314. The smallest absolute Gasteiger partial charge is 0.324 e. The summed E-state index contributed by atoms with van der Waals surface area (Å²) in [5, 5.41) is 15.9. The second kappa shape index (κ2) is 17.8. The topological polar surface area (TPSA) is 141 Å². The summed E-state index contributed by atoms with van der Waals surface area (Å²) < 4.78 is 18.9. The fourth-order valence-corrected chi connectivity index (χ4v) is 6.33. The number of nitrogens with zero attached hydrogens (tertiary/aromatic N) is 6. The van der Waals surface area contributed by atoms with Gasteiger partial charge in [-0.2, -0.15) is 5.10 Å². The number of fused-ring (bicyclic) bond motifs is 1. The Morgan fingerprint density at radius 1 is 0.833 bits per heavy atom. The maximum Gasteiger partial charge on any atom is 0.324 e. The molecule has 4 heterocycles. The van der Waals surface area contributed by atoms with Crippen LogP contribution in [0.5, 0.6) is 5.75 Å². The number of methoxy groups -OCH3 is 1. The summed E-state index contributed by atoms with van der Waals surface area (Å²) in [5.41, 5.74) is 5.27. The molecular formula is C41H45N9O4. The molecular weight excluding hydrogens is 683 g/mol. The zero-order chi connectivity index (χ0) is 37.1. The SMILES string of the molecule is CCCCc1cc(NC(=O)Nc2ccc(OCc3ccnc(Nc4cnc(CN5CCOCC5)cn4)c3)c3ccccc23)n(-c2cccc(COC)c2)n1. The number of carbonyl (C=O) groups excluding carboxylic acids is 1. The molecule has 13 nitrogen and oxygen atoms in total. The Bertz CT molecular complexity index is 2170. The number of hydrogen-bond donors (Lipinski definition) is 3. The summed E-state index contributed by atoms with van der Waals surface area (Å²) in [6, 6.07) is 24.9. The molecule has 0 bridgehead atoms. The quantitative estimate of drug-likeness (QED) is 0.0974. The molecule has 6 aromatic rings. The largest absolute Gasteiger partial charge is 0.488 e. The van der Waals surface area contributed by atoms with Crippen molar-refractivity contribution >= 4 is 39.9 Å². The molecule has 1 aliphatic heterocycles. The van der Waals surface area contributed by atoms with Gasteiger partial charge in [-0.1, -0.05) is 49.7 Å². The van der Waals surface area contributed by atoms with E-state index in [1.165, 1.54) is 0 Å². The van der Waals surface area contributed by atoms with Gasteiger partial charge in [-0.25, -0.2) is 19.4 Å². The Morgan fingerprint density at radius 3 is 2.50 bits per heavy atom. The van der Waals surface area contributed by atoms with Gasteiger partial charge in [0.25, 0.3) is 0 Å². The van der Waals surface area contributed by atoms with Crippen molar-refractivity contribution in [3.63, 3.8) is 0 Å². The predicted octanol–water partition coefficient (Wildman–Crippen LogP) is 7.50. The predicted molar refractivity (Wildman–Crippen MR) is 209 cm³/mol. The minimum atomic E-state index is -0.377. The third-order valence-corrected chi connectivity index (χ3v) is 9.06. The maximum atomic E-state index is 13.5. The van der Waals surface area contributed by atoms with Gasteiger partial charge in [-0.05, 0) is 60.4 Å². The molecule has 1 aliphatic rings. The van der Waals surface area contributed by atoms with E-state index in [2.05, 4.69) is 42.7 Å². The number of nitrogens with one attached hydrogen (secondary N) is 3. The molecule has 0 aliphatic carbocycles. The van der Waals surface area contributed by atoms with E-state index in [4.69, 9.17) is 19.3 Å². The lowest BCUT2D eigenvalue weighted by Gasteiger charge is -2.25. The number of aromatic nitrogens is 5. The van der Waals surface area contributed by atoms with Gasteiger partial charge in [0.1, 0.15) is 29.8 Å².